The van der Waals surface area contributed by atoms with Crippen molar-refractivity contribution in [2.45, 2.75) is 19.5 Å². The molecule has 0 spiro atoms. The van der Waals surface area contributed by atoms with Crippen molar-refractivity contribution in [2.75, 3.05) is 6.61 Å². The first-order valence-electron chi connectivity index (χ1n) is 10.2. The summed E-state index contributed by atoms with van der Waals surface area (Å²) in [7, 11) is 0. The van der Waals surface area contributed by atoms with Crippen LogP contribution < -0.4 is 4.74 Å². The third-order valence-corrected chi connectivity index (χ3v) is 5.25. The number of aliphatic hydroxyl groups is 1. The molecule has 7 heteroatoms. The van der Waals surface area contributed by atoms with E-state index in [9.17, 15) is 19.1 Å². The van der Waals surface area contributed by atoms with E-state index in [1.807, 2.05) is 6.92 Å². The topological polar surface area (TPSA) is 79.7 Å². The van der Waals surface area contributed by atoms with E-state index < -0.39 is 23.5 Å². The molecule has 1 fully saturated rings. The molecule has 1 saturated heterocycles. The van der Waals surface area contributed by atoms with E-state index in [4.69, 9.17) is 4.74 Å². The van der Waals surface area contributed by atoms with Crippen LogP contribution in [-0.2, 0) is 16.1 Å². The van der Waals surface area contributed by atoms with Crippen LogP contribution in [0.2, 0.25) is 0 Å². The molecule has 1 aliphatic heterocycles. The van der Waals surface area contributed by atoms with Crippen LogP contribution in [-0.4, -0.2) is 33.3 Å². The van der Waals surface area contributed by atoms with Gasteiger partial charge in [0, 0.05) is 30.1 Å². The lowest BCUT2D eigenvalue weighted by Crippen LogP contribution is -2.29. The highest BCUT2D eigenvalue weighted by molar-refractivity contribution is 6.46. The molecular weight excluding hydrogens is 411 g/mol. The van der Waals surface area contributed by atoms with E-state index in [-0.39, 0.29) is 23.4 Å². The van der Waals surface area contributed by atoms with Gasteiger partial charge in [-0.05, 0) is 48.9 Å². The molecule has 3 aromatic rings. The van der Waals surface area contributed by atoms with Gasteiger partial charge < -0.3 is 14.7 Å². The number of hydrogen-bond acceptors (Lipinski definition) is 5. The number of hydrogen-bond donors (Lipinski definition) is 1. The lowest BCUT2D eigenvalue weighted by Gasteiger charge is -2.25. The van der Waals surface area contributed by atoms with Crippen LogP contribution >= 0.6 is 0 Å². The highest BCUT2D eigenvalue weighted by Crippen LogP contribution is 2.41. The highest BCUT2D eigenvalue weighted by Gasteiger charge is 2.46. The summed E-state index contributed by atoms with van der Waals surface area (Å²) in [6.07, 6.45) is 3.17. The van der Waals surface area contributed by atoms with Gasteiger partial charge in [-0.25, -0.2) is 4.39 Å². The van der Waals surface area contributed by atoms with Crippen molar-refractivity contribution in [1.82, 2.24) is 9.88 Å². The summed E-state index contributed by atoms with van der Waals surface area (Å²) in [6, 6.07) is 14.8. The molecule has 1 amide bonds. The van der Waals surface area contributed by atoms with Gasteiger partial charge in [0.1, 0.15) is 17.3 Å². The minimum atomic E-state index is -1.08. The minimum absolute atomic E-state index is 0.0392. The van der Waals surface area contributed by atoms with Gasteiger partial charge in [-0.1, -0.05) is 24.3 Å². The van der Waals surface area contributed by atoms with Gasteiger partial charge in [0.05, 0.1) is 18.2 Å². The second kappa shape index (κ2) is 9.01. The molecule has 1 aliphatic rings. The SMILES string of the molecule is CCOc1ccc(/C(O)=C2\C(=O)C(=O)N(Cc3cccnc3)C2c2ccccc2F)cc1. The number of rotatable bonds is 6. The summed E-state index contributed by atoms with van der Waals surface area (Å²) >= 11 is 0. The van der Waals surface area contributed by atoms with Gasteiger partial charge in [-0.2, -0.15) is 0 Å². The zero-order chi connectivity index (χ0) is 22.7. The Balaban J connectivity index is 1.84. The van der Waals surface area contributed by atoms with Crippen molar-refractivity contribution in [2.24, 2.45) is 0 Å². The minimum Gasteiger partial charge on any atom is -0.507 e. The van der Waals surface area contributed by atoms with Gasteiger partial charge in [0.25, 0.3) is 11.7 Å². The molecule has 0 radical (unpaired) electrons. The van der Waals surface area contributed by atoms with E-state index in [0.29, 0.717) is 23.5 Å². The number of carbonyl (C=O) groups excluding carboxylic acids is 2. The third kappa shape index (κ3) is 3.97. The van der Waals surface area contributed by atoms with Crippen LogP contribution in [0.5, 0.6) is 5.75 Å². The Hall–Kier alpha value is -4.00. The number of Topliss-reactive ketones (excluding diaryl/α,β-unsaturated/α-hetero) is 1. The van der Waals surface area contributed by atoms with Crippen molar-refractivity contribution in [1.29, 1.82) is 0 Å². The fourth-order valence-electron chi connectivity index (χ4n) is 3.78. The van der Waals surface area contributed by atoms with Crippen molar-refractivity contribution in [3.8, 4) is 5.75 Å². The maximum atomic E-state index is 14.8. The molecular formula is C25H21FN2O4. The Morgan fingerprint density at radius 2 is 1.84 bits per heavy atom. The summed E-state index contributed by atoms with van der Waals surface area (Å²) in [5.41, 5.74) is 0.974. The first-order chi connectivity index (χ1) is 15.5. The molecule has 1 N–H and O–H groups in total. The van der Waals surface area contributed by atoms with Gasteiger partial charge in [0.15, 0.2) is 0 Å². The first-order valence-corrected chi connectivity index (χ1v) is 10.2. The van der Waals surface area contributed by atoms with Crippen molar-refractivity contribution in [3.63, 3.8) is 0 Å². The summed E-state index contributed by atoms with van der Waals surface area (Å²) in [5, 5.41) is 11.0. The maximum Gasteiger partial charge on any atom is 0.295 e. The molecule has 32 heavy (non-hydrogen) atoms. The molecule has 0 aliphatic carbocycles. The molecule has 1 aromatic heterocycles. The molecule has 162 valence electrons. The number of pyridine rings is 1. The standard InChI is InChI=1S/C25H21FN2O4/c1-2-32-18-11-9-17(10-12-18)23(29)21-22(19-7-3-4-8-20(19)26)28(25(31)24(21)30)15-16-6-5-13-27-14-16/h3-14,22,29H,2,15H2,1H3/b23-21+. The molecule has 2 aromatic carbocycles. The number of ketones is 1. The zero-order valence-electron chi connectivity index (χ0n) is 17.4. The summed E-state index contributed by atoms with van der Waals surface area (Å²) in [4.78, 5) is 31.3. The third-order valence-electron chi connectivity index (χ3n) is 5.25. The summed E-state index contributed by atoms with van der Waals surface area (Å²) in [5.74, 6) is -2.02. The Bertz CT molecular complexity index is 1180. The number of halogens is 1. The zero-order valence-corrected chi connectivity index (χ0v) is 17.4. The summed E-state index contributed by atoms with van der Waals surface area (Å²) in [6.45, 7) is 2.38. The Morgan fingerprint density at radius 3 is 2.50 bits per heavy atom. The second-order valence-electron chi connectivity index (χ2n) is 7.27. The quantitative estimate of drug-likeness (QED) is 0.358. The van der Waals surface area contributed by atoms with Gasteiger partial charge in [-0.3, -0.25) is 14.6 Å². The van der Waals surface area contributed by atoms with Crippen LogP contribution in [0.3, 0.4) is 0 Å². The van der Waals surface area contributed by atoms with Crippen molar-refractivity contribution >= 4 is 17.4 Å². The molecule has 6 nitrogen and oxygen atoms in total. The van der Waals surface area contributed by atoms with Gasteiger partial charge in [-0.15, -0.1) is 0 Å². The van der Waals surface area contributed by atoms with E-state index in [2.05, 4.69) is 4.98 Å². The summed E-state index contributed by atoms with van der Waals surface area (Å²) < 4.78 is 20.2. The number of aromatic nitrogens is 1. The van der Waals surface area contributed by atoms with E-state index in [1.54, 1.807) is 54.9 Å². The largest absolute Gasteiger partial charge is 0.507 e. The normalized spacial score (nSPS) is 17.6. The van der Waals surface area contributed by atoms with Crippen LogP contribution in [0.25, 0.3) is 5.76 Å². The predicted molar refractivity (Wildman–Crippen MR) is 116 cm³/mol. The molecule has 1 atom stereocenters. The van der Waals surface area contributed by atoms with E-state index >= 15 is 0 Å². The lowest BCUT2D eigenvalue weighted by molar-refractivity contribution is -0.140. The van der Waals surface area contributed by atoms with E-state index in [0.717, 1.165) is 0 Å². The van der Waals surface area contributed by atoms with E-state index in [1.165, 1.54) is 23.1 Å². The fraction of sp³-hybridized carbons (Fsp3) is 0.160. The second-order valence-corrected chi connectivity index (χ2v) is 7.27. The molecule has 1 unspecified atom stereocenters. The predicted octanol–water partition coefficient (Wildman–Crippen LogP) is 4.24. The lowest BCUT2D eigenvalue weighted by atomic mass is 9.94. The number of aliphatic hydroxyl groups excluding tert-OH is 1. The number of ether oxygens (including phenoxy) is 1. The Labute approximate surface area is 184 Å². The number of likely N-dealkylation sites (tertiary alicyclic amines) is 1. The van der Waals surface area contributed by atoms with Gasteiger partial charge >= 0.3 is 0 Å². The van der Waals surface area contributed by atoms with Crippen LogP contribution in [0.1, 0.15) is 29.7 Å². The highest BCUT2D eigenvalue weighted by atomic mass is 19.1. The molecule has 2 heterocycles. The fourth-order valence-corrected chi connectivity index (χ4v) is 3.78. The monoisotopic (exact) mass is 432 g/mol. The van der Waals surface area contributed by atoms with Crippen molar-refractivity contribution < 1.29 is 23.8 Å². The first kappa shape index (κ1) is 21.2. The van der Waals surface area contributed by atoms with Crippen LogP contribution in [0, 0.1) is 5.82 Å². The van der Waals surface area contributed by atoms with Gasteiger partial charge in [0.2, 0.25) is 0 Å². The number of benzene rings is 2. The number of nitrogens with zero attached hydrogens (tertiary/aromatic N) is 2. The average molecular weight is 432 g/mol. The Kier molecular flexibility index (Phi) is 5.98. The number of amides is 1. The molecule has 0 bridgehead atoms. The number of carbonyl (C=O) groups is 2. The smallest absolute Gasteiger partial charge is 0.295 e. The average Bonchev–Trinajstić information content (AvgIpc) is 3.05. The maximum absolute atomic E-state index is 14.8. The molecule has 4 rings (SSSR count). The molecule has 0 saturated carbocycles. The van der Waals surface area contributed by atoms with Crippen LogP contribution in [0.4, 0.5) is 4.39 Å². The van der Waals surface area contributed by atoms with Crippen molar-refractivity contribution in [3.05, 3.63) is 101 Å². The Morgan fingerprint density at radius 1 is 1.09 bits per heavy atom. The van der Waals surface area contributed by atoms with Crippen LogP contribution in [0.15, 0.2) is 78.6 Å².